The van der Waals surface area contributed by atoms with Crippen LogP contribution in [0.15, 0.2) is 36.9 Å². The predicted octanol–water partition coefficient (Wildman–Crippen LogP) is 2.99. The minimum atomic E-state index is -0.450. The number of anilines is 1. The van der Waals surface area contributed by atoms with Gasteiger partial charge in [-0.25, -0.2) is 9.37 Å². The molecule has 6 rings (SSSR count). The highest BCUT2D eigenvalue weighted by molar-refractivity contribution is 6.35. The summed E-state index contributed by atoms with van der Waals surface area (Å²) in [5.41, 5.74) is 0.821. The van der Waals surface area contributed by atoms with E-state index in [-0.39, 0.29) is 52.5 Å². The summed E-state index contributed by atoms with van der Waals surface area (Å²) in [5, 5.41) is 0.114. The van der Waals surface area contributed by atoms with Crippen LogP contribution in [0.25, 0.3) is 11.3 Å². The summed E-state index contributed by atoms with van der Waals surface area (Å²) in [5.74, 6) is -0.156. The summed E-state index contributed by atoms with van der Waals surface area (Å²) in [6.07, 6.45) is 2.22. The van der Waals surface area contributed by atoms with Crippen LogP contribution in [0.5, 0.6) is 5.75 Å². The number of likely N-dealkylation sites (N-methyl/N-ethyl adjacent to an activating group) is 1. The van der Waals surface area contributed by atoms with E-state index in [0.717, 1.165) is 32.6 Å². The molecule has 0 aliphatic carbocycles. The standard InChI is InChI=1S/C30H36ClFN6O3/c1-4-24(39)36-13-14-37-21(16-36)18-41-28-25(30(37)40)29(33-27(26(28)31)22-7-5-6-8-23(22)32)38-17-20(15-19(38)2)35-11-9-34(3)10-12-35/h4-8,19-21H,1,9-18H2,2-3H3/t19-,20-,21+/m0/s1. The van der Waals surface area contributed by atoms with Gasteiger partial charge in [-0.15, -0.1) is 0 Å². The molecule has 9 nitrogen and oxygen atoms in total. The zero-order valence-corrected chi connectivity index (χ0v) is 24.3. The lowest BCUT2D eigenvalue weighted by atomic mass is 10.1. The lowest BCUT2D eigenvalue weighted by Gasteiger charge is -2.39. The zero-order valence-electron chi connectivity index (χ0n) is 23.6. The fraction of sp³-hybridized carbons (Fsp3) is 0.500. The average Bonchev–Trinajstić information content (AvgIpc) is 3.30. The van der Waals surface area contributed by atoms with Crippen molar-refractivity contribution in [3.63, 3.8) is 0 Å². The molecule has 4 aliphatic rings. The summed E-state index contributed by atoms with van der Waals surface area (Å²) in [7, 11) is 2.14. The number of ether oxygens (including phenoxy) is 1. The van der Waals surface area contributed by atoms with Gasteiger partial charge in [0.1, 0.15) is 28.8 Å². The number of hydrogen-bond acceptors (Lipinski definition) is 7. The van der Waals surface area contributed by atoms with Crippen LogP contribution in [0.1, 0.15) is 23.7 Å². The van der Waals surface area contributed by atoms with Crippen LogP contribution in [-0.4, -0.2) is 121 Å². The maximum atomic E-state index is 15.1. The summed E-state index contributed by atoms with van der Waals surface area (Å²) < 4.78 is 21.4. The summed E-state index contributed by atoms with van der Waals surface area (Å²) in [4.78, 5) is 42.1. The van der Waals surface area contributed by atoms with Crippen molar-refractivity contribution in [1.29, 1.82) is 0 Å². The van der Waals surface area contributed by atoms with Crippen molar-refractivity contribution < 1.29 is 18.7 Å². The number of carbonyl (C=O) groups excluding carboxylic acids is 2. The molecule has 1 aromatic carbocycles. The molecule has 41 heavy (non-hydrogen) atoms. The number of piperazine rings is 2. The topological polar surface area (TPSA) is 72.5 Å². The average molecular weight is 583 g/mol. The summed E-state index contributed by atoms with van der Waals surface area (Å²) in [6.45, 7) is 11.7. The van der Waals surface area contributed by atoms with E-state index >= 15 is 4.39 Å². The fourth-order valence-corrected chi connectivity index (χ4v) is 6.86. The van der Waals surface area contributed by atoms with Crippen molar-refractivity contribution in [3.05, 3.63) is 53.3 Å². The SMILES string of the molecule is C=CC(=O)N1CCN2C(=O)c3c(N4C[C@@H](N5CCN(C)CC5)C[C@@H]4C)nc(-c4ccccc4F)c(Cl)c3OC[C@H]2C1. The molecule has 0 radical (unpaired) electrons. The van der Waals surface area contributed by atoms with Gasteiger partial charge in [0, 0.05) is 70.0 Å². The second kappa shape index (κ2) is 11.2. The maximum Gasteiger partial charge on any atom is 0.261 e. The van der Waals surface area contributed by atoms with Gasteiger partial charge in [-0.2, -0.15) is 0 Å². The van der Waals surface area contributed by atoms with Gasteiger partial charge in [-0.1, -0.05) is 30.3 Å². The number of nitrogens with zero attached hydrogens (tertiary/aromatic N) is 6. The van der Waals surface area contributed by atoms with Crippen molar-refractivity contribution in [2.24, 2.45) is 0 Å². The largest absolute Gasteiger partial charge is 0.489 e. The van der Waals surface area contributed by atoms with Crippen molar-refractivity contribution in [2.45, 2.75) is 31.5 Å². The number of carbonyl (C=O) groups is 2. The molecule has 2 amide bonds. The van der Waals surface area contributed by atoms with Crippen LogP contribution in [0.4, 0.5) is 10.2 Å². The quantitative estimate of drug-likeness (QED) is 0.513. The molecule has 4 aliphatic heterocycles. The molecule has 0 N–H and O–H groups in total. The Balaban J connectivity index is 1.42. The molecular weight excluding hydrogens is 547 g/mol. The third-order valence-corrected chi connectivity index (χ3v) is 9.30. The van der Waals surface area contributed by atoms with E-state index in [1.165, 1.54) is 12.1 Å². The van der Waals surface area contributed by atoms with Crippen LogP contribution in [-0.2, 0) is 4.79 Å². The minimum Gasteiger partial charge on any atom is -0.489 e. The molecule has 1 aromatic heterocycles. The first-order chi connectivity index (χ1) is 19.8. The van der Waals surface area contributed by atoms with Crippen molar-refractivity contribution in [1.82, 2.24) is 24.6 Å². The molecule has 2 aromatic rings. The highest BCUT2D eigenvalue weighted by Gasteiger charge is 2.43. The number of rotatable bonds is 4. The van der Waals surface area contributed by atoms with Crippen LogP contribution in [0, 0.1) is 5.82 Å². The number of fused-ring (bicyclic) bond motifs is 2. The molecule has 0 saturated carbocycles. The Labute approximate surface area is 245 Å². The van der Waals surface area contributed by atoms with Gasteiger partial charge in [0.2, 0.25) is 5.91 Å². The van der Waals surface area contributed by atoms with Crippen molar-refractivity contribution in [2.75, 3.05) is 70.9 Å². The molecule has 5 heterocycles. The molecule has 11 heteroatoms. The molecule has 0 unspecified atom stereocenters. The second-order valence-electron chi connectivity index (χ2n) is 11.5. The first kappa shape index (κ1) is 27.9. The molecule has 0 bridgehead atoms. The van der Waals surface area contributed by atoms with Gasteiger partial charge in [0.05, 0.1) is 11.7 Å². The molecule has 0 spiro atoms. The highest BCUT2D eigenvalue weighted by Crippen LogP contribution is 2.45. The number of amides is 2. The smallest absolute Gasteiger partial charge is 0.261 e. The third kappa shape index (κ3) is 5.06. The fourth-order valence-electron chi connectivity index (χ4n) is 6.56. The Morgan fingerprint density at radius 3 is 2.59 bits per heavy atom. The molecule has 3 atom stereocenters. The van der Waals surface area contributed by atoms with E-state index in [2.05, 4.69) is 35.3 Å². The normalized spacial score (nSPS) is 25.4. The van der Waals surface area contributed by atoms with Crippen LogP contribution < -0.4 is 9.64 Å². The number of halogens is 2. The van der Waals surface area contributed by atoms with Crippen molar-refractivity contribution >= 4 is 29.2 Å². The Morgan fingerprint density at radius 1 is 1.10 bits per heavy atom. The second-order valence-corrected chi connectivity index (χ2v) is 11.8. The number of benzene rings is 1. The van der Waals surface area contributed by atoms with E-state index < -0.39 is 5.82 Å². The highest BCUT2D eigenvalue weighted by atomic mass is 35.5. The van der Waals surface area contributed by atoms with Crippen LogP contribution >= 0.6 is 11.6 Å². The Kier molecular flexibility index (Phi) is 7.65. The molecule has 3 fully saturated rings. The van der Waals surface area contributed by atoms with E-state index in [4.69, 9.17) is 21.3 Å². The zero-order chi connectivity index (χ0) is 28.8. The van der Waals surface area contributed by atoms with E-state index in [1.807, 2.05) is 0 Å². The van der Waals surface area contributed by atoms with Crippen LogP contribution in [0.3, 0.4) is 0 Å². The Morgan fingerprint density at radius 2 is 1.85 bits per heavy atom. The predicted molar refractivity (Wildman–Crippen MR) is 156 cm³/mol. The molecular formula is C30H36ClFN6O3. The Bertz CT molecular complexity index is 1370. The summed E-state index contributed by atoms with van der Waals surface area (Å²) >= 11 is 6.92. The third-order valence-electron chi connectivity index (χ3n) is 8.95. The van der Waals surface area contributed by atoms with Gasteiger partial charge in [0.15, 0.2) is 5.75 Å². The van der Waals surface area contributed by atoms with E-state index in [0.29, 0.717) is 43.6 Å². The number of hydrogen-bond donors (Lipinski definition) is 0. The van der Waals surface area contributed by atoms with Gasteiger partial charge in [0.25, 0.3) is 5.91 Å². The monoisotopic (exact) mass is 582 g/mol. The molecule has 3 saturated heterocycles. The van der Waals surface area contributed by atoms with Gasteiger partial charge in [-0.3, -0.25) is 14.5 Å². The first-order valence-corrected chi connectivity index (χ1v) is 14.7. The van der Waals surface area contributed by atoms with E-state index in [1.54, 1.807) is 28.0 Å². The molecule has 218 valence electrons. The van der Waals surface area contributed by atoms with Gasteiger partial charge < -0.3 is 24.3 Å². The number of aromatic nitrogens is 1. The minimum absolute atomic E-state index is 0.0970. The lowest BCUT2D eigenvalue weighted by Crippen LogP contribution is -2.57. The Hall–Kier alpha value is -3.21. The number of pyridine rings is 1. The maximum absolute atomic E-state index is 15.1. The van der Waals surface area contributed by atoms with Crippen molar-refractivity contribution in [3.8, 4) is 17.0 Å². The van der Waals surface area contributed by atoms with Gasteiger partial charge in [-0.05, 0) is 38.6 Å². The summed E-state index contributed by atoms with van der Waals surface area (Å²) in [6, 6.07) is 6.42. The van der Waals surface area contributed by atoms with Crippen LogP contribution in [0.2, 0.25) is 5.02 Å². The van der Waals surface area contributed by atoms with E-state index in [9.17, 15) is 9.59 Å². The van der Waals surface area contributed by atoms with Gasteiger partial charge >= 0.3 is 0 Å². The lowest BCUT2D eigenvalue weighted by molar-refractivity contribution is -0.128. The first-order valence-electron chi connectivity index (χ1n) is 14.3.